The molecule has 3 rings (SSSR count). The zero-order valence-corrected chi connectivity index (χ0v) is 18.9. The Morgan fingerprint density at radius 2 is 2.03 bits per heavy atom. The van der Waals surface area contributed by atoms with Gasteiger partial charge < -0.3 is 9.88 Å². The highest BCUT2D eigenvalue weighted by molar-refractivity contribution is 7.19. The number of rotatable bonds is 9. The molecule has 0 fully saturated rings. The highest BCUT2D eigenvalue weighted by Gasteiger charge is 2.14. The molecular formula is C21H25FN6O3S. The molecule has 0 saturated carbocycles. The first-order valence-corrected chi connectivity index (χ1v) is 10.7. The van der Waals surface area contributed by atoms with Crippen LogP contribution >= 0.6 is 11.3 Å². The lowest BCUT2D eigenvalue weighted by atomic mass is 10.1. The molecule has 2 N–H and O–H groups in total. The van der Waals surface area contributed by atoms with Crippen molar-refractivity contribution in [3.63, 3.8) is 0 Å². The number of anilines is 1. The lowest BCUT2D eigenvalue weighted by Crippen LogP contribution is -2.30. The molecule has 1 aromatic carbocycles. The Bertz CT molecular complexity index is 1070. The summed E-state index contributed by atoms with van der Waals surface area (Å²) < 4.78 is 14.0. The molecule has 0 bridgehead atoms. The van der Waals surface area contributed by atoms with E-state index in [1.165, 1.54) is 18.4 Å². The number of hydrogen-bond donors (Lipinski definition) is 2. The predicted molar refractivity (Wildman–Crippen MR) is 120 cm³/mol. The molecule has 170 valence electrons. The molecule has 0 aliphatic rings. The highest BCUT2D eigenvalue weighted by Crippen LogP contribution is 2.32. The SMILES string of the molecule is CON(C)C(=O)c1ccc(-c2sc(NC(=O)NCCc3cn(CCF)cn3)nc2C)cc1. The summed E-state index contributed by atoms with van der Waals surface area (Å²) >= 11 is 1.35. The third-order valence-corrected chi connectivity index (χ3v) is 5.79. The summed E-state index contributed by atoms with van der Waals surface area (Å²) in [6.07, 6.45) is 3.88. The summed E-state index contributed by atoms with van der Waals surface area (Å²) in [5.41, 5.74) is 2.96. The average molecular weight is 461 g/mol. The fourth-order valence-electron chi connectivity index (χ4n) is 2.95. The van der Waals surface area contributed by atoms with Gasteiger partial charge in [0.15, 0.2) is 5.13 Å². The number of urea groups is 1. The Labute approximate surface area is 189 Å². The molecule has 3 amide bonds. The lowest BCUT2D eigenvalue weighted by molar-refractivity contribution is -0.0756. The van der Waals surface area contributed by atoms with Crippen molar-refractivity contribution in [1.82, 2.24) is 24.9 Å². The van der Waals surface area contributed by atoms with Crippen molar-refractivity contribution >= 4 is 28.4 Å². The van der Waals surface area contributed by atoms with E-state index in [1.807, 2.05) is 19.1 Å². The maximum Gasteiger partial charge on any atom is 0.321 e. The number of carbonyl (C=O) groups excluding carboxylic acids is 2. The number of alkyl halides is 1. The number of amides is 3. The number of halogens is 1. The Kier molecular flexibility index (Phi) is 7.90. The molecular weight excluding hydrogens is 435 g/mol. The number of imidazole rings is 1. The minimum absolute atomic E-state index is 0.242. The topological polar surface area (TPSA) is 101 Å². The number of carbonyl (C=O) groups is 2. The van der Waals surface area contributed by atoms with Crippen molar-refractivity contribution in [1.29, 1.82) is 0 Å². The van der Waals surface area contributed by atoms with Crippen LogP contribution in [0.3, 0.4) is 0 Å². The van der Waals surface area contributed by atoms with Crippen molar-refractivity contribution in [2.45, 2.75) is 19.9 Å². The van der Waals surface area contributed by atoms with E-state index in [0.29, 0.717) is 23.7 Å². The highest BCUT2D eigenvalue weighted by atomic mass is 32.1. The molecule has 32 heavy (non-hydrogen) atoms. The van der Waals surface area contributed by atoms with E-state index in [0.717, 1.165) is 26.9 Å². The summed E-state index contributed by atoms with van der Waals surface area (Å²) in [6, 6.07) is 6.76. The first kappa shape index (κ1) is 23.4. The Balaban J connectivity index is 1.55. The van der Waals surface area contributed by atoms with Crippen LogP contribution in [0.15, 0.2) is 36.8 Å². The van der Waals surface area contributed by atoms with Crippen LogP contribution in [-0.4, -0.2) is 58.9 Å². The van der Waals surface area contributed by atoms with Gasteiger partial charge in [-0.25, -0.2) is 24.2 Å². The van der Waals surface area contributed by atoms with E-state index in [9.17, 15) is 14.0 Å². The molecule has 0 aliphatic carbocycles. The van der Waals surface area contributed by atoms with Crippen LogP contribution < -0.4 is 10.6 Å². The lowest BCUT2D eigenvalue weighted by Gasteiger charge is -2.13. The van der Waals surface area contributed by atoms with Gasteiger partial charge >= 0.3 is 6.03 Å². The van der Waals surface area contributed by atoms with E-state index in [1.54, 1.807) is 36.3 Å². The van der Waals surface area contributed by atoms with Crippen LogP contribution in [0.25, 0.3) is 10.4 Å². The number of hydrogen-bond acceptors (Lipinski definition) is 6. The standard InChI is InChI=1S/C21H25FN6O3S/c1-14-18(15-4-6-16(7-5-15)19(29)27(2)31-3)32-21(25-14)26-20(30)23-10-8-17-12-28(11-9-22)13-24-17/h4-7,12-13H,8-11H2,1-3H3,(H2,23,25,26,30). The minimum atomic E-state index is -0.445. The molecule has 2 heterocycles. The molecule has 3 aromatic rings. The van der Waals surface area contributed by atoms with Crippen LogP contribution in [0.2, 0.25) is 0 Å². The average Bonchev–Trinajstić information content (AvgIpc) is 3.39. The first-order chi connectivity index (χ1) is 15.4. The van der Waals surface area contributed by atoms with E-state index >= 15 is 0 Å². The number of nitrogens with one attached hydrogen (secondary N) is 2. The van der Waals surface area contributed by atoms with Gasteiger partial charge in [-0.3, -0.25) is 14.9 Å². The van der Waals surface area contributed by atoms with Gasteiger partial charge in [-0.15, -0.1) is 0 Å². The first-order valence-electron chi connectivity index (χ1n) is 9.92. The van der Waals surface area contributed by atoms with Gasteiger partial charge in [-0.05, 0) is 24.6 Å². The number of thiazole rings is 1. The van der Waals surface area contributed by atoms with Crippen LogP contribution in [0.4, 0.5) is 14.3 Å². The van der Waals surface area contributed by atoms with Crippen molar-refractivity contribution in [3.8, 4) is 10.4 Å². The zero-order valence-electron chi connectivity index (χ0n) is 18.1. The van der Waals surface area contributed by atoms with E-state index in [4.69, 9.17) is 4.84 Å². The normalized spacial score (nSPS) is 10.8. The third kappa shape index (κ3) is 5.89. The van der Waals surface area contributed by atoms with Crippen LogP contribution in [0, 0.1) is 6.92 Å². The van der Waals surface area contributed by atoms with Crippen LogP contribution in [0.5, 0.6) is 0 Å². The second kappa shape index (κ2) is 10.8. The van der Waals surface area contributed by atoms with Crippen LogP contribution in [0.1, 0.15) is 21.7 Å². The summed E-state index contributed by atoms with van der Waals surface area (Å²) in [5.74, 6) is -0.242. The van der Waals surface area contributed by atoms with Crippen LogP contribution in [-0.2, 0) is 17.8 Å². The summed E-state index contributed by atoms with van der Waals surface area (Å²) in [4.78, 5) is 38.7. The van der Waals surface area contributed by atoms with Gasteiger partial charge in [0, 0.05) is 31.8 Å². The molecule has 11 heteroatoms. The Morgan fingerprint density at radius 3 is 2.72 bits per heavy atom. The summed E-state index contributed by atoms with van der Waals surface area (Å²) in [6.45, 7) is 2.08. The maximum atomic E-state index is 12.3. The molecule has 0 radical (unpaired) electrons. The largest absolute Gasteiger partial charge is 0.337 e. The molecule has 0 unspecified atom stereocenters. The van der Waals surface area contributed by atoms with Crippen molar-refractivity contribution in [3.05, 3.63) is 53.7 Å². The van der Waals surface area contributed by atoms with Crippen molar-refractivity contribution in [2.24, 2.45) is 0 Å². The van der Waals surface area contributed by atoms with Gasteiger partial charge in [0.1, 0.15) is 6.67 Å². The van der Waals surface area contributed by atoms with Gasteiger partial charge in [0.05, 0.1) is 36.2 Å². The quantitative estimate of drug-likeness (QED) is 0.477. The number of benzene rings is 1. The smallest absolute Gasteiger partial charge is 0.321 e. The molecule has 0 aliphatic heterocycles. The van der Waals surface area contributed by atoms with Gasteiger partial charge in [0.25, 0.3) is 5.91 Å². The monoisotopic (exact) mass is 460 g/mol. The molecule has 9 nitrogen and oxygen atoms in total. The van der Waals surface area contributed by atoms with Crippen molar-refractivity contribution < 1.29 is 18.8 Å². The van der Waals surface area contributed by atoms with Gasteiger partial charge in [-0.2, -0.15) is 0 Å². The molecule has 2 aromatic heterocycles. The van der Waals surface area contributed by atoms with E-state index in [2.05, 4.69) is 20.6 Å². The maximum absolute atomic E-state index is 12.3. The number of nitrogens with zero attached hydrogens (tertiary/aromatic N) is 4. The van der Waals surface area contributed by atoms with Crippen molar-refractivity contribution in [2.75, 3.05) is 32.7 Å². The van der Waals surface area contributed by atoms with Gasteiger partial charge in [0.2, 0.25) is 0 Å². The zero-order chi connectivity index (χ0) is 23.1. The molecule has 0 saturated heterocycles. The van der Waals surface area contributed by atoms with E-state index in [-0.39, 0.29) is 18.5 Å². The molecule has 0 spiro atoms. The second-order valence-electron chi connectivity index (χ2n) is 6.92. The Morgan fingerprint density at radius 1 is 1.28 bits per heavy atom. The fraction of sp³-hybridized carbons (Fsp3) is 0.333. The number of hydroxylamine groups is 2. The predicted octanol–water partition coefficient (Wildman–Crippen LogP) is 3.28. The summed E-state index contributed by atoms with van der Waals surface area (Å²) in [5, 5.41) is 7.14. The number of aromatic nitrogens is 3. The fourth-order valence-corrected chi connectivity index (χ4v) is 3.91. The Hall–Kier alpha value is -3.31. The summed E-state index contributed by atoms with van der Waals surface area (Å²) in [7, 11) is 2.98. The third-order valence-electron chi connectivity index (χ3n) is 4.67. The van der Waals surface area contributed by atoms with E-state index < -0.39 is 6.67 Å². The number of aryl methyl sites for hydroxylation is 2. The minimum Gasteiger partial charge on any atom is -0.337 e. The second-order valence-corrected chi connectivity index (χ2v) is 7.92. The molecule has 0 atom stereocenters. The van der Waals surface area contributed by atoms with Gasteiger partial charge in [-0.1, -0.05) is 23.5 Å².